The molecule has 2 aromatic rings. The molecule has 0 aliphatic carbocycles. The van der Waals surface area contributed by atoms with Crippen LogP contribution in [-0.4, -0.2) is 23.6 Å². The number of phenols is 2. The van der Waals surface area contributed by atoms with Gasteiger partial charge in [-0.25, -0.2) is 0 Å². The van der Waals surface area contributed by atoms with Gasteiger partial charge in [-0.2, -0.15) is 0 Å². The molecular formula is C19H22F2O2. The van der Waals surface area contributed by atoms with Crippen molar-refractivity contribution >= 4 is 0 Å². The van der Waals surface area contributed by atoms with E-state index in [1.165, 1.54) is 24.3 Å². The molecule has 124 valence electrons. The molecule has 4 heteroatoms. The lowest BCUT2D eigenvalue weighted by Crippen LogP contribution is -2.43. The summed E-state index contributed by atoms with van der Waals surface area (Å²) in [5, 5.41) is 19.1. The van der Waals surface area contributed by atoms with E-state index in [0.717, 1.165) is 11.1 Å². The minimum atomic E-state index is -0.884. The van der Waals surface area contributed by atoms with Crippen molar-refractivity contribution in [2.24, 2.45) is 11.8 Å². The zero-order valence-corrected chi connectivity index (χ0v) is 13.3. The Labute approximate surface area is 135 Å². The van der Waals surface area contributed by atoms with Gasteiger partial charge in [-0.1, -0.05) is 38.1 Å². The molecule has 0 spiro atoms. The molecular weight excluding hydrogens is 298 g/mol. The predicted octanol–water partition coefficient (Wildman–Crippen LogP) is 4.60. The Morgan fingerprint density at radius 2 is 1.04 bits per heavy atom. The van der Waals surface area contributed by atoms with E-state index >= 15 is 0 Å². The number of phenolic OH excluding ortho intramolecular Hbond substituents is 2. The summed E-state index contributed by atoms with van der Waals surface area (Å²) in [5.74, 6) is -0.729. The minimum Gasteiger partial charge on any atom is -0.508 e. The Balaban J connectivity index is 2.73. The highest BCUT2D eigenvalue weighted by Gasteiger charge is 2.44. The molecule has 0 aliphatic rings. The van der Waals surface area contributed by atoms with Crippen molar-refractivity contribution < 1.29 is 19.0 Å². The Morgan fingerprint density at radius 1 is 0.739 bits per heavy atom. The Bertz CT molecular complexity index is 565. The SMILES string of the molecule is CC(CF)C(c1ccc(O)cc1)(c1ccc(O)cc1)C(C)CF. The average molecular weight is 320 g/mol. The van der Waals surface area contributed by atoms with Gasteiger partial charge in [0.1, 0.15) is 11.5 Å². The summed E-state index contributed by atoms with van der Waals surface area (Å²) >= 11 is 0. The van der Waals surface area contributed by atoms with Crippen LogP contribution in [0.15, 0.2) is 48.5 Å². The van der Waals surface area contributed by atoms with Crippen LogP contribution in [0.25, 0.3) is 0 Å². The fourth-order valence-corrected chi connectivity index (χ4v) is 3.51. The number of alkyl halides is 2. The quantitative estimate of drug-likeness (QED) is 0.817. The molecule has 0 aliphatic heterocycles. The maximum absolute atomic E-state index is 13.7. The zero-order chi connectivity index (χ0) is 17.0. The molecule has 0 aromatic heterocycles. The summed E-state index contributed by atoms with van der Waals surface area (Å²) in [7, 11) is 0. The van der Waals surface area contributed by atoms with E-state index in [1.807, 2.05) is 0 Å². The van der Waals surface area contributed by atoms with Gasteiger partial charge in [0.2, 0.25) is 0 Å². The smallest absolute Gasteiger partial charge is 0.115 e. The number of hydrogen-bond acceptors (Lipinski definition) is 2. The molecule has 0 bridgehead atoms. The van der Waals surface area contributed by atoms with Crippen LogP contribution in [-0.2, 0) is 5.41 Å². The molecule has 2 atom stereocenters. The maximum atomic E-state index is 13.7. The molecule has 0 amide bonds. The molecule has 0 saturated heterocycles. The second kappa shape index (κ2) is 6.99. The lowest BCUT2D eigenvalue weighted by molar-refractivity contribution is 0.174. The van der Waals surface area contributed by atoms with Gasteiger partial charge < -0.3 is 10.2 Å². The lowest BCUT2D eigenvalue weighted by atomic mass is 9.60. The van der Waals surface area contributed by atoms with Crippen molar-refractivity contribution in [3.05, 3.63) is 59.7 Å². The van der Waals surface area contributed by atoms with E-state index in [1.54, 1.807) is 38.1 Å². The van der Waals surface area contributed by atoms with E-state index < -0.39 is 30.6 Å². The fourth-order valence-electron chi connectivity index (χ4n) is 3.51. The number of hydrogen-bond donors (Lipinski definition) is 2. The van der Waals surface area contributed by atoms with E-state index in [4.69, 9.17) is 0 Å². The standard InChI is InChI=1S/C19H22F2O2/c1-13(11-20)19(14(2)12-21,15-3-7-17(22)8-4-15)16-5-9-18(23)10-6-16/h3-10,13-14,22-23H,11-12H2,1-2H3. The van der Waals surface area contributed by atoms with Crippen LogP contribution in [0.2, 0.25) is 0 Å². The average Bonchev–Trinajstić information content (AvgIpc) is 2.57. The van der Waals surface area contributed by atoms with Crippen LogP contribution in [0.4, 0.5) is 8.78 Å². The first-order valence-corrected chi connectivity index (χ1v) is 7.67. The summed E-state index contributed by atoms with van der Waals surface area (Å²) in [6.45, 7) is 2.30. The van der Waals surface area contributed by atoms with Gasteiger partial charge in [-0.15, -0.1) is 0 Å². The highest BCUT2D eigenvalue weighted by atomic mass is 19.1. The first-order chi connectivity index (χ1) is 11.0. The molecule has 0 saturated carbocycles. The third-order valence-corrected chi connectivity index (χ3v) is 4.71. The molecule has 2 rings (SSSR count). The van der Waals surface area contributed by atoms with Crippen LogP contribution < -0.4 is 0 Å². The summed E-state index contributed by atoms with van der Waals surface area (Å²) in [6, 6.07) is 12.9. The molecule has 2 nitrogen and oxygen atoms in total. The molecule has 2 N–H and O–H groups in total. The Hall–Kier alpha value is -2.10. The topological polar surface area (TPSA) is 40.5 Å². The van der Waals surface area contributed by atoms with Crippen LogP contribution in [0.1, 0.15) is 25.0 Å². The van der Waals surface area contributed by atoms with E-state index in [0.29, 0.717) is 0 Å². The monoisotopic (exact) mass is 320 g/mol. The first-order valence-electron chi connectivity index (χ1n) is 7.67. The first kappa shape index (κ1) is 17.3. The van der Waals surface area contributed by atoms with Gasteiger partial charge in [0.25, 0.3) is 0 Å². The molecule has 23 heavy (non-hydrogen) atoms. The second-order valence-corrected chi connectivity index (χ2v) is 6.07. The third kappa shape index (κ3) is 3.03. The number of rotatable bonds is 6. The molecule has 2 unspecified atom stereocenters. The van der Waals surface area contributed by atoms with Crippen molar-refractivity contribution in [2.75, 3.05) is 13.3 Å². The normalized spacial score (nSPS) is 14.4. The predicted molar refractivity (Wildman–Crippen MR) is 87.3 cm³/mol. The fraction of sp³-hybridized carbons (Fsp3) is 0.368. The zero-order valence-electron chi connectivity index (χ0n) is 13.3. The van der Waals surface area contributed by atoms with Crippen molar-refractivity contribution in [3.8, 4) is 11.5 Å². The molecule has 0 radical (unpaired) electrons. The van der Waals surface area contributed by atoms with Crippen molar-refractivity contribution in [3.63, 3.8) is 0 Å². The molecule has 2 aromatic carbocycles. The van der Waals surface area contributed by atoms with Crippen LogP contribution in [0.5, 0.6) is 11.5 Å². The van der Waals surface area contributed by atoms with Gasteiger partial charge in [0.05, 0.1) is 13.3 Å². The summed E-state index contributed by atoms with van der Waals surface area (Å²) in [6.07, 6.45) is 0. The second-order valence-electron chi connectivity index (χ2n) is 6.07. The van der Waals surface area contributed by atoms with Gasteiger partial charge >= 0.3 is 0 Å². The lowest BCUT2D eigenvalue weighted by Gasteiger charge is -2.43. The van der Waals surface area contributed by atoms with E-state index in [9.17, 15) is 19.0 Å². The van der Waals surface area contributed by atoms with E-state index in [-0.39, 0.29) is 11.5 Å². The van der Waals surface area contributed by atoms with Gasteiger partial charge in [0.15, 0.2) is 0 Å². The third-order valence-electron chi connectivity index (χ3n) is 4.71. The largest absolute Gasteiger partial charge is 0.508 e. The summed E-state index contributed by atoms with van der Waals surface area (Å²) < 4.78 is 27.4. The van der Waals surface area contributed by atoms with E-state index in [2.05, 4.69) is 0 Å². The highest BCUT2D eigenvalue weighted by Crippen LogP contribution is 2.46. The number of aromatic hydroxyl groups is 2. The van der Waals surface area contributed by atoms with Crippen molar-refractivity contribution in [1.29, 1.82) is 0 Å². The number of halogens is 2. The summed E-state index contributed by atoms with van der Waals surface area (Å²) in [5.41, 5.74) is 0.609. The van der Waals surface area contributed by atoms with Crippen molar-refractivity contribution in [2.45, 2.75) is 19.3 Å². The molecule has 0 heterocycles. The summed E-state index contributed by atoms with van der Waals surface area (Å²) in [4.78, 5) is 0. The van der Waals surface area contributed by atoms with Gasteiger partial charge in [-0.05, 0) is 47.2 Å². The Morgan fingerprint density at radius 3 is 1.30 bits per heavy atom. The van der Waals surface area contributed by atoms with Gasteiger partial charge in [0, 0.05) is 5.41 Å². The van der Waals surface area contributed by atoms with Crippen LogP contribution in [0.3, 0.4) is 0 Å². The molecule has 0 fully saturated rings. The Kier molecular flexibility index (Phi) is 5.24. The minimum absolute atomic E-state index is 0.106. The highest BCUT2D eigenvalue weighted by molar-refractivity contribution is 5.44. The maximum Gasteiger partial charge on any atom is 0.115 e. The van der Waals surface area contributed by atoms with Crippen molar-refractivity contribution in [1.82, 2.24) is 0 Å². The number of benzene rings is 2. The van der Waals surface area contributed by atoms with Crippen LogP contribution >= 0.6 is 0 Å². The van der Waals surface area contributed by atoms with Gasteiger partial charge in [-0.3, -0.25) is 8.78 Å². The van der Waals surface area contributed by atoms with Crippen LogP contribution in [0, 0.1) is 11.8 Å².